The van der Waals surface area contributed by atoms with E-state index in [9.17, 15) is 0 Å². The molecular formula is C12H12ClN3O. The summed E-state index contributed by atoms with van der Waals surface area (Å²) in [5, 5.41) is 7.96. The van der Waals surface area contributed by atoms with Crippen molar-refractivity contribution < 1.29 is 4.52 Å². The molecular weight excluding hydrogens is 238 g/mol. The van der Waals surface area contributed by atoms with Crippen molar-refractivity contribution in [3.8, 4) is 11.4 Å². The molecule has 0 aliphatic carbocycles. The van der Waals surface area contributed by atoms with Gasteiger partial charge in [0.1, 0.15) is 0 Å². The average molecular weight is 250 g/mol. The molecule has 1 fully saturated rings. The van der Waals surface area contributed by atoms with E-state index in [-0.39, 0.29) is 0 Å². The molecule has 1 aliphatic rings. The number of rotatable bonds is 2. The third-order valence-electron chi connectivity index (χ3n) is 2.93. The van der Waals surface area contributed by atoms with Crippen molar-refractivity contribution in [2.75, 3.05) is 13.1 Å². The van der Waals surface area contributed by atoms with Gasteiger partial charge in [0.05, 0.1) is 5.92 Å². The smallest absolute Gasteiger partial charge is 0.231 e. The summed E-state index contributed by atoms with van der Waals surface area (Å²) in [5.74, 6) is 1.66. The molecule has 88 valence electrons. The Labute approximate surface area is 104 Å². The van der Waals surface area contributed by atoms with Gasteiger partial charge in [0.2, 0.25) is 11.7 Å². The Balaban J connectivity index is 1.89. The van der Waals surface area contributed by atoms with Crippen LogP contribution in [0.1, 0.15) is 18.2 Å². The minimum Gasteiger partial charge on any atom is -0.339 e. The zero-order chi connectivity index (χ0) is 11.7. The van der Waals surface area contributed by atoms with Crippen molar-refractivity contribution in [2.24, 2.45) is 0 Å². The minimum absolute atomic E-state index is 0.343. The van der Waals surface area contributed by atoms with Gasteiger partial charge < -0.3 is 9.84 Å². The number of aromatic nitrogens is 2. The molecule has 4 nitrogen and oxygen atoms in total. The third kappa shape index (κ3) is 2.18. The fourth-order valence-electron chi connectivity index (χ4n) is 2.01. The topological polar surface area (TPSA) is 51.0 Å². The molecule has 1 aromatic carbocycles. The summed E-state index contributed by atoms with van der Waals surface area (Å²) in [6, 6.07) is 7.47. The van der Waals surface area contributed by atoms with E-state index in [2.05, 4.69) is 15.5 Å². The van der Waals surface area contributed by atoms with Crippen LogP contribution in [0.2, 0.25) is 5.02 Å². The number of hydrogen-bond acceptors (Lipinski definition) is 4. The molecule has 0 amide bonds. The van der Waals surface area contributed by atoms with E-state index in [1.54, 1.807) is 0 Å². The molecule has 0 bridgehead atoms. The predicted molar refractivity (Wildman–Crippen MR) is 65.0 cm³/mol. The lowest BCUT2D eigenvalue weighted by molar-refractivity contribution is 0.359. The fraction of sp³-hybridized carbons (Fsp3) is 0.333. The Bertz CT molecular complexity index is 520. The predicted octanol–water partition coefficient (Wildman–Crippen LogP) is 2.47. The van der Waals surface area contributed by atoms with Crippen molar-refractivity contribution >= 4 is 11.6 Å². The van der Waals surface area contributed by atoms with Gasteiger partial charge in [0, 0.05) is 17.1 Å². The second-order valence-electron chi connectivity index (χ2n) is 4.16. The third-order valence-corrected chi connectivity index (χ3v) is 3.17. The molecule has 5 heteroatoms. The van der Waals surface area contributed by atoms with Gasteiger partial charge in [-0.15, -0.1) is 0 Å². The molecule has 1 saturated heterocycles. The Hall–Kier alpha value is -1.39. The maximum atomic E-state index is 5.93. The zero-order valence-electron chi connectivity index (χ0n) is 9.19. The van der Waals surface area contributed by atoms with E-state index in [0.717, 1.165) is 25.1 Å². The number of nitrogens with zero attached hydrogens (tertiary/aromatic N) is 2. The standard InChI is InChI=1S/C12H12ClN3O/c13-10-3-1-2-8(6-10)11-15-12(17-16-11)9-4-5-14-7-9/h1-3,6,9,14H,4-5,7H2/t9-/m0/s1. The highest BCUT2D eigenvalue weighted by atomic mass is 35.5. The molecule has 1 aliphatic heterocycles. The van der Waals surface area contributed by atoms with Crippen molar-refractivity contribution in [1.29, 1.82) is 0 Å². The van der Waals surface area contributed by atoms with Crippen LogP contribution in [0.15, 0.2) is 28.8 Å². The number of hydrogen-bond donors (Lipinski definition) is 1. The Morgan fingerprint density at radius 1 is 1.41 bits per heavy atom. The number of benzene rings is 1. The monoisotopic (exact) mass is 249 g/mol. The van der Waals surface area contributed by atoms with Crippen LogP contribution < -0.4 is 5.32 Å². The lowest BCUT2D eigenvalue weighted by atomic mass is 10.1. The van der Waals surface area contributed by atoms with Crippen LogP contribution >= 0.6 is 11.6 Å². The van der Waals surface area contributed by atoms with Gasteiger partial charge in [0.25, 0.3) is 0 Å². The molecule has 1 aromatic heterocycles. The highest BCUT2D eigenvalue weighted by Crippen LogP contribution is 2.24. The van der Waals surface area contributed by atoms with Crippen LogP contribution in [0.5, 0.6) is 0 Å². The van der Waals surface area contributed by atoms with E-state index in [1.807, 2.05) is 24.3 Å². The van der Waals surface area contributed by atoms with E-state index in [1.165, 1.54) is 0 Å². The van der Waals surface area contributed by atoms with Crippen molar-refractivity contribution in [3.05, 3.63) is 35.2 Å². The van der Waals surface area contributed by atoms with E-state index < -0.39 is 0 Å². The highest BCUT2D eigenvalue weighted by molar-refractivity contribution is 6.30. The van der Waals surface area contributed by atoms with E-state index in [4.69, 9.17) is 16.1 Å². The van der Waals surface area contributed by atoms with Gasteiger partial charge >= 0.3 is 0 Å². The summed E-state index contributed by atoms with van der Waals surface area (Å²) < 4.78 is 5.30. The zero-order valence-corrected chi connectivity index (χ0v) is 9.94. The van der Waals surface area contributed by atoms with Crippen molar-refractivity contribution in [1.82, 2.24) is 15.5 Å². The second kappa shape index (κ2) is 4.47. The van der Waals surface area contributed by atoms with Gasteiger partial charge in [-0.2, -0.15) is 4.98 Å². The van der Waals surface area contributed by atoms with Crippen LogP contribution in [-0.4, -0.2) is 23.2 Å². The summed E-state index contributed by atoms with van der Waals surface area (Å²) in [7, 11) is 0. The first-order valence-corrected chi connectivity index (χ1v) is 6.01. The normalized spacial score (nSPS) is 19.7. The highest BCUT2D eigenvalue weighted by Gasteiger charge is 2.22. The van der Waals surface area contributed by atoms with Crippen LogP contribution in [0, 0.1) is 0 Å². The summed E-state index contributed by atoms with van der Waals surface area (Å²) in [6.07, 6.45) is 1.05. The van der Waals surface area contributed by atoms with E-state index in [0.29, 0.717) is 22.7 Å². The number of nitrogens with one attached hydrogen (secondary N) is 1. The molecule has 0 spiro atoms. The molecule has 0 radical (unpaired) electrons. The molecule has 1 atom stereocenters. The van der Waals surface area contributed by atoms with Gasteiger partial charge in [-0.3, -0.25) is 0 Å². The molecule has 2 heterocycles. The fourth-order valence-corrected chi connectivity index (χ4v) is 2.20. The molecule has 0 saturated carbocycles. The Morgan fingerprint density at radius 3 is 3.12 bits per heavy atom. The van der Waals surface area contributed by atoms with Crippen LogP contribution in [0.3, 0.4) is 0 Å². The first-order chi connectivity index (χ1) is 8.33. The summed E-state index contributed by atoms with van der Waals surface area (Å²) >= 11 is 5.93. The van der Waals surface area contributed by atoms with Gasteiger partial charge in [-0.1, -0.05) is 28.9 Å². The van der Waals surface area contributed by atoms with Gasteiger partial charge in [-0.05, 0) is 25.1 Å². The first-order valence-electron chi connectivity index (χ1n) is 5.63. The SMILES string of the molecule is Clc1cccc(-c2noc([C@H]3CCNC3)n2)c1. The molecule has 2 aromatic rings. The number of halogens is 1. The maximum Gasteiger partial charge on any atom is 0.231 e. The average Bonchev–Trinajstić information content (AvgIpc) is 3.00. The summed E-state index contributed by atoms with van der Waals surface area (Å²) in [6.45, 7) is 1.93. The lowest BCUT2D eigenvalue weighted by Gasteiger charge is -1.98. The maximum absolute atomic E-state index is 5.93. The molecule has 0 unspecified atom stereocenters. The Morgan fingerprint density at radius 2 is 2.35 bits per heavy atom. The van der Waals surface area contributed by atoms with Crippen LogP contribution in [0.4, 0.5) is 0 Å². The second-order valence-corrected chi connectivity index (χ2v) is 4.59. The van der Waals surface area contributed by atoms with Gasteiger partial charge in [-0.25, -0.2) is 0 Å². The molecule has 3 rings (SSSR count). The van der Waals surface area contributed by atoms with Crippen molar-refractivity contribution in [3.63, 3.8) is 0 Å². The van der Waals surface area contributed by atoms with Crippen molar-refractivity contribution in [2.45, 2.75) is 12.3 Å². The van der Waals surface area contributed by atoms with E-state index >= 15 is 0 Å². The van der Waals surface area contributed by atoms with Gasteiger partial charge in [0.15, 0.2) is 0 Å². The summed E-state index contributed by atoms with van der Waals surface area (Å²) in [4.78, 5) is 4.43. The quantitative estimate of drug-likeness (QED) is 0.888. The lowest BCUT2D eigenvalue weighted by Crippen LogP contribution is -2.08. The molecule has 17 heavy (non-hydrogen) atoms. The van der Waals surface area contributed by atoms with Crippen LogP contribution in [-0.2, 0) is 0 Å². The minimum atomic E-state index is 0.343. The molecule has 1 N–H and O–H groups in total. The Kier molecular flexibility index (Phi) is 2.82. The van der Waals surface area contributed by atoms with Crippen LogP contribution in [0.25, 0.3) is 11.4 Å². The summed E-state index contributed by atoms with van der Waals surface area (Å²) in [5.41, 5.74) is 0.887. The largest absolute Gasteiger partial charge is 0.339 e. The first kappa shape index (κ1) is 10.7.